The van der Waals surface area contributed by atoms with E-state index in [-0.39, 0.29) is 12.5 Å². The van der Waals surface area contributed by atoms with Gasteiger partial charge in [-0.05, 0) is 18.2 Å². The van der Waals surface area contributed by atoms with Crippen molar-refractivity contribution in [2.75, 3.05) is 6.61 Å². The van der Waals surface area contributed by atoms with E-state index in [2.05, 4.69) is 0 Å². The second kappa shape index (κ2) is 5.63. The summed E-state index contributed by atoms with van der Waals surface area (Å²) in [6.45, 7) is 0.170. The normalized spacial score (nSPS) is 29.5. The smallest absolute Gasteiger partial charge is 0.338 e. The number of ether oxygens (including phenoxy) is 2. The maximum atomic E-state index is 12.1. The highest BCUT2D eigenvalue weighted by Gasteiger charge is 2.51. The van der Waals surface area contributed by atoms with Crippen LogP contribution in [0.4, 0.5) is 0 Å². The van der Waals surface area contributed by atoms with Gasteiger partial charge < -0.3 is 14.6 Å². The summed E-state index contributed by atoms with van der Waals surface area (Å²) in [5, 5.41) is 9.42. The van der Waals surface area contributed by atoms with Crippen LogP contribution in [0.15, 0.2) is 42.5 Å². The second-order valence-electron chi connectivity index (χ2n) is 5.30. The van der Waals surface area contributed by atoms with Gasteiger partial charge in [-0.25, -0.2) is 4.79 Å². The van der Waals surface area contributed by atoms with Crippen LogP contribution in [0.25, 0.3) is 0 Å². The topological polar surface area (TPSA) is 89.9 Å². The fourth-order valence-corrected chi connectivity index (χ4v) is 2.89. The Morgan fingerprint density at radius 2 is 1.91 bits per heavy atom. The molecule has 0 bridgehead atoms. The number of cyclic esters (lactones) is 1. The SMILES string of the molecule is O=C(OC1C=CC2COC(=O)C2C1C(=O)O)c1ccccc1. The molecule has 0 radical (unpaired) electrons. The summed E-state index contributed by atoms with van der Waals surface area (Å²) in [6.07, 6.45) is 2.23. The first-order chi connectivity index (χ1) is 10.6. The number of hydrogen-bond donors (Lipinski definition) is 1. The molecule has 0 saturated carbocycles. The van der Waals surface area contributed by atoms with Crippen LogP contribution >= 0.6 is 0 Å². The standard InChI is InChI=1S/C16H14O6/c17-14(18)13-11(7-6-10-8-21-16(20)12(10)13)22-15(19)9-4-2-1-3-5-9/h1-7,10-13H,8H2,(H,17,18). The molecule has 4 unspecified atom stereocenters. The number of rotatable bonds is 3. The predicted octanol–water partition coefficient (Wildman–Crippen LogP) is 1.27. The van der Waals surface area contributed by atoms with Gasteiger partial charge in [0.1, 0.15) is 12.0 Å². The molecule has 2 aliphatic rings. The lowest BCUT2D eigenvalue weighted by Crippen LogP contribution is -2.43. The van der Waals surface area contributed by atoms with Gasteiger partial charge in [-0.3, -0.25) is 9.59 Å². The summed E-state index contributed by atoms with van der Waals surface area (Å²) in [4.78, 5) is 35.4. The van der Waals surface area contributed by atoms with Gasteiger partial charge in [0, 0.05) is 5.92 Å². The van der Waals surface area contributed by atoms with Crippen molar-refractivity contribution in [2.45, 2.75) is 6.10 Å². The van der Waals surface area contributed by atoms with Gasteiger partial charge >= 0.3 is 17.9 Å². The molecule has 3 rings (SSSR count). The van der Waals surface area contributed by atoms with Crippen LogP contribution in [0.2, 0.25) is 0 Å². The van der Waals surface area contributed by atoms with Crippen LogP contribution in [0, 0.1) is 17.8 Å². The first kappa shape index (κ1) is 14.3. The molecule has 0 spiro atoms. The number of benzene rings is 1. The van der Waals surface area contributed by atoms with Crippen molar-refractivity contribution < 1.29 is 29.0 Å². The van der Waals surface area contributed by atoms with E-state index < -0.39 is 35.8 Å². The number of carboxylic acid groups (broad SMARTS) is 1. The maximum absolute atomic E-state index is 12.1. The van der Waals surface area contributed by atoms with Crippen molar-refractivity contribution in [3.8, 4) is 0 Å². The first-order valence-corrected chi connectivity index (χ1v) is 6.91. The molecule has 4 atom stereocenters. The summed E-state index contributed by atoms with van der Waals surface area (Å²) >= 11 is 0. The molecular weight excluding hydrogens is 288 g/mol. The number of carbonyl (C=O) groups excluding carboxylic acids is 2. The lowest BCUT2D eigenvalue weighted by Gasteiger charge is -2.30. The van der Waals surface area contributed by atoms with Crippen LogP contribution in [0.1, 0.15) is 10.4 Å². The van der Waals surface area contributed by atoms with E-state index in [9.17, 15) is 19.5 Å². The lowest BCUT2D eigenvalue weighted by atomic mass is 9.76. The molecule has 1 N–H and O–H groups in total. The molecule has 6 nitrogen and oxygen atoms in total. The van der Waals surface area contributed by atoms with Crippen LogP contribution < -0.4 is 0 Å². The number of carboxylic acids is 1. The molecule has 1 fully saturated rings. The third-order valence-electron chi connectivity index (χ3n) is 3.98. The van der Waals surface area contributed by atoms with Crippen molar-refractivity contribution in [3.05, 3.63) is 48.0 Å². The Labute approximate surface area is 126 Å². The number of hydrogen-bond acceptors (Lipinski definition) is 5. The van der Waals surface area contributed by atoms with Gasteiger partial charge in [0.05, 0.1) is 18.1 Å². The third kappa shape index (κ3) is 2.47. The highest BCUT2D eigenvalue weighted by molar-refractivity contribution is 5.90. The zero-order valence-electron chi connectivity index (χ0n) is 11.5. The zero-order chi connectivity index (χ0) is 15.7. The van der Waals surface area contributed by atoms with Crippen molar-refractivity contribution in [2.24, 2.45) is 17.8 Å². The van der Waals surface area contributed by atoms with Gasteiger partial charge in [-0.1, -0.05) is 24.3 Å². The Morgan fingerprint density at radius 1 is 1.18 bits per heavy atom. The molecule has 22 heavy (non-hydrogen) atoms. The summed E-state index contributed by atoms with van der Waals surface area (Å²) in [5.41, 5.74) is 0.330. The summed E-state index contributed by atoms with van der Waals surface area (Å²) in [6, 6.07) is 8.30. The van der Waals surface area contributed by atoms with Crippen LogP contribution in [0.3, 0.4) is 0 Å². The maximum Gasteiger partial charge on any atom is 0.338 e. The number of esters is 2. The Morgan fingerprint density at radius 3 is 2.59 bits per heavy atom. The molecular formula is C16H14O6. The Balaban J connectivity index is 1.83. The number of aliphatic carboxylic acids is 1. The van der Waals surface area contributed by atoms with Gasteiger partial charge in [0.15, 0.2) is 0 Å². The Hall–Kier alpha value is -2.63. The van der Waals surface area contributed by atoms with Crippen molar-refractivity contribution in [1.82, 2.24) is 0 Å². The monoisotopic (exact) mass is 302 g/mol. The predicted molar refractivity (Wildman–Crippen MR) is 73.9 cm³/mol. The number of fused-ring (bicyclic) bond motifs is 1. The third-order valence-corrected chi connectivity index (χ3v) is 3.98. The van der Waals surface area contributed by atoms with Gasteiger partial charge in [-0.2, -0.15) is 0 Å². The molecule has 1 aromatic carbocycles. The minimum absolute atomic E-state index is 0.170. The lowest BCUT2D eigenvalue weighted by molar-refractivity contribution is -0.155. The molecule has 114 valence electrons. The van der Waals surface area contributed by atoms with Crippen molar-refractivity contribution in [1.29, 1.82) is 0 Å². The first-order valence-electron chi connectivity index (χ1n) is 6.91. The molecule has 1 saturated heterocycles. The Kier molecular flexibility index (Phi) is 3.66. The van der Waals surface area contributed by atoms with Gasteiger partial charge in [-0.15, -0.1) is 0 Å². The van der Waals surface area contributed by atoms with E-state index in [1.165, 1.54) is 6.08 Å². The molecule has 1 heterocycles. The minimum atomic E-state index is -1.18. The summed E-state index contributed by atoms with van der Waals surface area (Å²) in [7, 11) is 0. The molecule has 1 aromatic rings. The summed E-state index contributed by atoms with van der Waals surface area (Å²) in [5.74, 6) is -4.56. The van der Waals surface area contributed by atoms with Crippen LogP contribution in [0.5, 0.6) is 0 Å². The number of carbonyl (C=O) groups is 3. The average molecular weight is 302 g/mol. The fourth-order valence-electron chi connectivity index (χ4n) is 2.89. The zero-order valence-corrected chi connectivity index (χ0v) is 11.5. The summed E-state index contributed by atoms with van der Waals surface area (Å²) < 4.78 is 10.2. The second-order valence-corrected chi connectivity index (χ2v) is 5.30. The molecule has 6 heteroatoms. The Bertz CT molecular complexity index is 635. The van der Waals surface area contributed by atoms with Crippen molar-refractivity contribution >= 4 is 17.9 Å². The minimum Gasteiger partial charge on any atom is -0.481 e. The molecule has 0 amide bonds. The van der Waals surface area contributed by atoms with E-state index >= 15 is 0 Å². The molecule has 1 aliphatic heterocycles. The highest BCUT2D eigenvalue weighted by Crippen LogP contribution is 2.37. The van der Waals surface area contributed by atoms with E-state index in [4.69, 9.17) is 9.47 Å². The van der Waals surface area contributed by atoms with E-state index in [1.54, 1.807) is 36.4 Å². The quantitative estimate of drug-likeness (QED) is 0.668. The largest absolute Gasteiger partial charge is 0.481 e. The fraction of sp³-hybridized carbons (Fsp3) is 0.312. The van der Waals surface area contributed by atoms with E-state index in [1.807, 2.05) is 0 Å². The van der Waals surface area contributed by atoms with Gasteiger partial charge in [0.2, 0.25) is 0 Å². The van der Waals surface area contributed by atoms with Crippen molar-refractivity contribution in [3.63, 3.8) is 0 Å². The molecule has 1 aliphatic carbocycles. The van der Waals surface area contributed by atoms with Crippen LogP contribution in [-0.4, -0.2) is 35.7 Å². The molecule has 0 aromatic heterocycles. The van der Waals surface area contributed by atoms with E-state index in [0.29, 0.717) is 5.56 Å². The average Bonchev–Trinajstić information content (AvgIpc) is 2.89. The highest BCUT2D eigenvalue weighted by atomic mass is 16.6. The van der Waals surface area contributed by atoms with E-state index in [0.717, 1.165) is 0 Å². The van der Waals surface area contributed by atoms with Crippen LogP contribution in [-0.2, 0) is 19.1 Å². The van der Waals surface area contributed by atoms with Gasteiger partial charge in [0.25, 0.3) is 0 Å².